The van der Waals surface area contributed by atoms with Gasteiger partial charge in [0, 0.05) is 32.8 Å². The first-order chi connectivity index (χ1) is 15.3. The number of rotatable bonds is 5. The maximum atomic E-state index is 12.9. The fourth-order valence-corrected chi connectivity index (χ4v) is 3.48. The van der Waals surface area contributed by atoms with Gasteiger partial charge < -0.3 is 24.8 Å². The van der Waals surface area contributed by atoms with Crippen molar-refractivity contribution in [1.82, 2.24) is 19.3 Å². The summed E-state index contributed by atoms with van der Waals surface area (Å²) in [4.78, 5) is 39.1. The number of nitrogens with one attached hydrogen (secondary N) is 2. The highest BCUT2D eigenvalue weighted by atomic mass is 16.5. The van der Waals surface area contributed by atoms with Crippen LogP contribution in [0.5, 0.6) is 0 Å². The van der Waals surface area contributed by atoms with Crippen molar-refractivity contribution >= 4 is 28.6 Å². The van der Waals surface area contributed by atoms with Crippen LogP contribution in [0.15, 0.2) is 35.3 Å². The number of pyridine rings is 2. The van der Waals surface area contributed by atoms with Gasteiger partial charge in [0.25, 0.3) is 17.4 Å². The number of aliphatic hydroxyl groups is 1. The van der Waals surface area contributed by atoms with Gasteiger partial charge in [-0.3, -0.25) is 24.2 Å². The van der Waals surface area contributed by atoms with Crippen molar-refractivity contribution in [2.45, 2.75) is 32.4 Å². The van der Waals surface area contributed by atoms with E-state index in [9.17, 15) is 14.7 Å². The standard InChI is InChI=1S/C19H21N5O4.C2H4O2/c20-16-13(18(26)21-11-12-4-3-9-28-12)10-14-17(24(16)7-8-25)22-15-5-1-2-6-23(15)19(14)27;1-2(3)4/h1-2,5-6,10,12,20,25H,3-4,7-9,11H2,(H,21,26);1H3,(H,3,4). The lowest BCUT2D eigenvalue weighted by Gasteiger charge is -2.15. The van der Waals surface area contributed by atoms with Crippen LogP contribution in [0.2, 0.25) is 0 Å². The Labute approximate surface area is 182 Å². The summed E-state index contributed by atoms with van der Waals surface area (Å²) >= 11 is 0. The van der Waals surface area contributed by atoms with Crippen LogP contribution in [0.3, 0.4) is 0 Å². The van der Waals surface area contributed by atoms with Crippen LogP contribution in [0.1, 0.15) is 30.1 Å². The van der Waals surface area contributed by atoms with E-state index in [4.69, 9.17) is 20.0 Å². The molecule has 0 bridgehead atoms. The SMILES string of the molecule is CC(=O)O.N=c1c(C(=O)NCC2CCCO2)cc2c(=O)n3ccccc3nc2n1CCO. The largest absolute Gasteiger partial charge is 0.481 e. The maximum absolute atomic E-state index is 12.9. The number of carboxylic acid groups (broad SMARTS) is 1. The summed E-state index contributed by atoms with van der Waals surface area (Å²) < 4.78 is 8.29. The molecule has 1 unspecified atom stereocenters. The molecule has 11 nitrogen and oxygen atoms in total. The molecule has 32 heavy (non-hydrogen) atoms. The van der Waals surface area contributed by atoms with Gasteiger partial charge in [-0.05, 0) is 31.0 Å². The Morgan fingerprint density at radius 1 is 1.38 bits per heavy atom. The van der Waals surface area contributed by atoms with Gasteiger partial charge in [-0.25, -0.2) is 4.98 Å². The Hall–Kier alpha value is -3.57. The summed E-state index contributed by atoms with van der Waals surface area (Å²) in [6, 6.07) is 6.58. The van der Waals surface area contributed by atoms with Gasteiger partial charge in [-0.15, -0.1) is 0 Å². The zero-order valence-corrected chi connectivity index (χ0v) is 17.6. The van der Waals surface area contributed by atoms with Crippen molar-refractivity contribution in [2.75, 3.05) is 19.8 Å². The van der Waals surface area contributed by atoms with Gasteiger partial charge in [0.15, 0.2) is 0 Å². The molecule has 0 aliphatic carbocycles. The number of carbonyl (C=O) groups excluding carboxylic acids is 1. The molecular weight excluding hydrogens is 418 g/mol. The highest BCUT2D eigenvalue weighted by Gasteiger charge is 2.20. The van der Waals surface area contributed by atoms with Crippen molar-refractivity contribution in [1.29, 1.82) is 5.41 Å². The Morgan fingerprint density at radius 3 is 2.78 bits per heavy atom. The fraction of sp³-hybridized carbons (Fsp3) is 0.381. The summed E-state index contributed by atoms with van der Waals surface area (Å²) in [7, 11) is 0. The van der Waals surface area contributed by atoms with E-state index in [-0.39, 0.29) is 46.9 Å². The molecule has 11 heteroatoms. The summed E-state index contributed by atoms with van der Waals surface area (Å²) in [5.74, 6) is -1.29. The highest BCUT2D eigenvalue weighted by molar-refractivity contribution is 5.96. The van der Waals surface area contributed by atoms with E-state index in [0.717, 1.165) is 19.8 Å². The van der Waals surface area contributed by atoms with E-state index in [0.29, 0.717) is 18.8 Å². The number of nitrogens with zero attached hydrogens (tertiary/aromatic N) is 3. The topological polar surface area (TPSA) is 159 Å². The molecule has 1 fully saturated rings. The maximum Gasteiger partial charge on any atom is 0.300 e. The highest BCUT2D eigenvalue weighted by Crippen LogP contribution is 2.12. The molecule has 1 atom stereocenters. The minimum atomic E-state index is -0.833. The van der Waals surface area contributed by atoms with E-state index < -0.39 is 11.9 Å². The van der Waals surface area contributed by atoms with Crippen LogP contribution < -0.4 is 16.4 Å². The summed E-state index contributed by atoms with van der Waals surface area (Å²) in [5.41, 5.74) is 0.334. The van der Waals surface area contributed by atoms with Crippen LogP contribution in [-0.2, 0) is 16.1 Å². The molecule has 4 heterocycles. The third-order valence-corrected chi connectivity index (χ3v) is 4.90. The smallest absolute Gasteiger partial charge is 0.300 e. The van der Waals surface area contributed by atoms with Crippen molar-refractivity contribution in [3.63, 3.8) is 0 Å². The Morgan fingerprint density at radius 2 is 2.12 bits per heavy atom. The molecule has 1 aliphatic heterocycles. The third kappa shape index (κ3) is 5.01. The second-order valence-corrected chi connectivity index (χ2v) is 7.23. The molecule has 0 aromatic carbocycles. The van der Waals surface area contributed by atoms with E-state index in [2.05, 4.69) is 10.3 Å². The average Bonchev–Trinajstić information content (AvgIpc) is 3.28. The zero-order chi connectivity index (χ0) is 23.3. The number of aromatic nitrogens is 3. The molecule has 4 N–H and O–H groups in total. The molecule has 3 aromatic heterocycles. The van der Waals surface area contributed by atoms with Gasteiger partial charge in [0.2, 0.25) is 0 Å². The van der Waals surface area contributed by atoms with Crippen LogP contribution >= 0.6 is 0 Å². The number of carbonyl (C=O) groups is 2. The molecular formula is C21H25N5O6. The predicted octanol–water partition coefficient (Wildman–Crippen LogP) is 0.121. The first-order valence-electron chi connectivity index (χ1n) is 10.1. The number of amides is 1. The Kier molecular flexibility index (Phi) is 7.33. The second-order valence-electron chi connectivity index (χ2n) is 7.23. The zero-order valence-electron chi connectivity index (χ0n) is 17.6. The first-order valence-corrected chi connectivity index (χ1v) is 10.1. The molecule has 3 aromatic rings. The minimum absolute atomic E-state index is 0.0283. The molecule has 1 aliphatic rings. The lowest BCUT2D eigenvalue weighted by atomic mass is 10.2. The minimum Gasteiger partial charge on any atom is -0.481 e. The van der Waals surface area contributed by atoms with Crippen LogP contribution in [-0.4, -0.2) is 61.9 Å². The van der Waals surface area contributed by atoms with Gasteiger partial charge in [-0.1, -0.05) is 6.07 Å². The second kappa shape index (κ2) is 10.2. The molecule has 0 radical (unpaired) electrons. The number of ether oxygens (including phenoxy) is 1. The predicted molar refractivity (Wildman–Crippen MR) is 115 cm³/mol. The van der Waals surface area contributed by atoms with E-state index in [1.165, 1.54) is 15.0 Å². The summed E-state index contributed by atoms with van der Waals surface area (Å²) in [6.45, 7) is 1.93. The lowest BCUT2D eigenvalue weighted by Crippen LogP contribution is -2.38. The van der Waals surface area contributed by atoms with Crippen molar-refractivity contribution in [3.05, 3.63) is 51.9 Å². The number of aliphatic hydroxyl groups excluding tert-OH is 1. The molecule has 0 saturated carbocycles. The third-order valence-electron chi connectivity index (χ3n) is 4.90. The quantitative estimate of drug-likeness (QED) is 0.408. The van der Waals surface area contributed by atoms with Crippen LogP contribution in [0.25, 0.3) is 16.7 Å². The van der Waals surface area contributed by atoms with Crippen molar-refractivity contribution in [3.8, 4) is 0 Å². The van der Waals surface area contributed by atoms with Crippen molar-refractivity contribution in [2.24, 2.45) is 0 Å². The van der Waals surface area contributed by atoms with Crippen LogP contribution in [0.4, 0.5) is 0 Å². The molecule has 1 saturated heterocycles. The van der Waals surface area contributed by atoms with E-state index >= 15 is 0 Å². The lowest BCUT2D eigenvalue weighted by molar-refractivity contribution is -0.134. The number of hydrogen-bond donors (Lipinski definition) is 4. The average molecular weight is 443 g/mol. The van der Waals surface area contributed by atoms with Gasteiger partial charge in [-0.2, -0.15) is 0 Å². The number of fused-ring (bicyclic) bond motifs is 2. The van der Waals surface area contributed by atoms with E-state index in [1.807, 2.05) is 0 Å². The molecule has 170 valence electrons. The summed E-state index contributed by atoms with van der Waals surface area (Å²) in [6.07, 6.45) is 3.42. The van der Waals surface area contributed by atoms with Gasteiger partial charge in [0.05, 0.1) is 23.7 Å². The Balaban J connectivity index is 0.000000668. The van der Waals surface area contributed by atoms with Gasteiger partial charge in [0.1, 0.15) is 16.8 Å². The van der Waals surface area contributed by atoms with E-state index in [1.54, 1.807) is 24.4 Å². The summed E-state index contributed by atoms with van der Waals surface area (Å²) in [5, 5.41) is 28.3. The van der Waals surface area contributed by atoms with Crippen LogP contribution in [0, 0.1) is 5.41 Å². The molecule has 0 spiro atoms. The Bertz CT molecular complexity index is 1260. The number of aliphatic carboxylic acids is 1. The number of hydrogen-bond acceptors (Lipinski definition) is 7. The molecule has 1 amide bonds. The number of carboxylic acids is 1. The normalized spacial score (nSPS) is 15.4. The first kappa shape index (κ1) is 23.1. The van der Waals surface area contributed by atoms with Crippen molar-refractivity contribution < 1.29 is 24.5 Å². The molecule has 4 rings (SSSR count). The monoisotopic (exact) mass is 443 g/mol. The van der Waals surface area contributed by atoms with Gasteiger partial charge >= 0.3 is 0 Å². The fourth-order valence-electron chi connectivity index (χ4n) is 3.48.